The van der Waals surface area contributed by atoms with Gasteiger partial charge in [0.2, 0.25) is 11.3 Å². The highest BCUT2D eigenvalue weighted by molar-refractivity contribution is 5.82. The predicted octanol–water partition coefficient (Wildman–Crippen LogP) is 3.74. The van der Waals surface area contributed by atoms with E-state index in [1.54, 1.807) is 19.2 Å². The number of rotatable bonds is 3. The number of hydrogen-bond acceptors (Lipinski definition) is 4. The van der Waals surface area contributed by atoms with Gasteiger partial charge in [-0.15, -0.1) is 0 Å². The van der Waals surface area contributed by atoms with E-state index in [1.807, 2.05) is 24.4 Å². The molecular weight excluding hydrogens is 278 g/mol. The van der Waals surface area contributed by atoms with Gasteiger partial charge in [0.05, 0.1) is 23.6 Å². The van der Waals surface area contributed by atoms with Crippen molar-refractivity contribution in [1.82, 2.24) is 4.98 Å². The summed E-state index contributed by atoms with van der Waals surface area (Å²) in [6.07, 6.45) is 5.70. The van der Waals surface area contributed by atoms with Crippen LogP contribution in [0.25, 0.3) is 22.1 Å². The van der Waals surface area contributed by atoms with E-state index in [4.69, 9.17) is 9.15 Å². The molecule has 2 aromatic heterocycles. The van der Waals surface area contributed by atoms with Gasteiger partial charge in [-0.1, -0.05) is 12.1 Å². The van der Waals surface area contributed by atoms with E-state index in [2.05, 4.69) is 4.98 Å². The Hall–Kier alpha value is -2.62. The number of fused-ring (bicyclic) bond motifs is 1. The number of hydrogen-bond donors (Lipinski definition) is 0. The average molecular weight is 293 g/mol. The summed E-state index contributed by atoms with van der Waals surface area (Å²) in [5, 5.41) is 0.568. The average Bonchev–Trinajstić information content (AvgIpc) is 3.40. The predicted molar refractivity (Wildman–Crippen MR) is 84.2 cm³/mol. The lowest BCUT2D eigenvalue weighted by Gasteiger charge is -2.09. The molecule has 0 aliphatic heterocycles. The van der Waals surface area contributed by atoms with Crippen LogP contribution in [0.15, 0.2) is 52.0 Å². The summed E-state index contributed by atoms with van der Waals surface area (Å²) >= 11 is 0. The SMILES string of the molecule is COc1ncc(C2CC2)cc1-c1coc2ccccc2c1=O. The summed E-state index contributed by atoms with van der Waals surface area (Å²) in [4.78, 5) is 17.1. The first-order chi connectivity index (χ1) is 10.8. The molecule has 1 aromatic carbocycles. The van der Waals surface area contributed by atoms with Crippen LogP contribution in [0.4, 0.5) is 0 Å². The number of methoxy groups -OCH3 is 1. The Balaban J connectivity index is 1.96. The first-order valence-corrected chi connectivity index (χ1v) is 7.33. The van der Waals surface area contributed by atoms with Crippen molar-refractivity contribution < 1.29 is 9.15 Å². The van der Waals surface area contributed by atoms with Crippen LogP contribution in [0, 0.1) is 0 Å². The number of nitrogens with zero attached hydrogens (tertiary/aromatic N) is 1. The molecule has 0 bridgehead atoms. The minimum Gasteiger partial charge on any atom is -0.481 e. The van der Waals surface area contributed by atoms with Crippen LogP contribution in [-0.4, -0.2) is 12.1 Å². The molecule has 3 aromatic rings. The maximum Gasteiger partial charge on any atom is 0.221 e. The molecule has 4 rings (SSSR count). The summed E-state index contributed by atoms with van der Waals surface area (Å²) in [6.45, 7) is 0. The molecule has 2 heterocycles. The zero-order chi connectivity index (χ0) is 15.1. The molecule has 4 nitrogen and oxygen atoms in total. The number of pyridine rings is 1. The van der Waals surface area contributed by atoms with Crippen molar-refractivity contribution in [1.29, 1.82) is 0 Å². The van der Waals surface area contributed by atoms with Gasteiger partial charge in [0.25, 0.3) is 0 Å². The third-order valence-corrected chi connectivity index (χ3v) is 4.08. The van der Waals surface area contributed by atoms with E-state index < -0.39 is 0 Å². The molecule has 0 saturated heterocycles. The topological polar surface area (TPSA) is 52.3 Å². The second kappa shape index (κ2) is 4.98. The fourth-order valence-electron chi connectivity index (χ4n) is 2.73. The van der Waals surface area contributed by atoms with Gasteiger partial charge >= 0.3 is 0 Å². The normalized spacial score (nSPS) is 14.2. The van der Waals surface area contributed by atoms with Gasteiger partial charge in [-0.25, -0.2) is 4.98 Å². The molecule has 0 N–H and O–H groups in total. The van der Waals surface area contributed by atoms with E-state index in [0.717, 1.165) is 5.56 Å². The number of benzene rings is 1. The third-order valence-electron chi connectivity index (χ3n) is 4.08. The summed E-state index contributed by atoms with van der Waals surface area (Å²) < 4.78 is 10.9. The molecule has 0 spiro atoms. The van der Waals surface area contributed by atoms with Gasteiger partial charge in [0, 0.05) is 6.20 Å². The van der Waals surface area contributed by atoms with Crippen LogP contribution in [0.2, 0.25) is 0 Å². The van der Waals surface area contributed by atoms with E-state index >= 15 is 0 Å². The highest BCUT2D eigenvalue weighted by atomic mass is 16.5. The molecule has 1 fully saturated rings. The molecule has 22 heavy (non-hydrogen) atoms. The van der Waals surface area contributed by atoms with E-state index in [-0.39, 0.29) is 5.43 Å². The van der Waals surface area contributed by atoms with Crippen LogP contribution in [-0.2, 0) is 0 Å². The molecule has 0 amide bonds. The standard InChI is InChI=1S/C18H15NO3/c1-21-18-14(8-12(9-19-18)11-6-7-11)15-10-22-16-5-3-2-4-13(16)17(15)20/h2-5,8-11H,6-7H2,1H3. The van der Waals surface area contributed by atoms with Crippen molar-refractivity contribution >= 4 is 11.0 Å². The Morgan fingerprint density at radius 2 is 2.05 bits per heavy atom. The summed E-state index contributed by atoms with van der Waals surface area (Å²) in [7, 11) is 1.56. The van der Waals surface area contributed by atoms with Crippen molar-refractivity contribution in [3.63, 3.8) is 0 Å². The zero-order valence-corrected chi connectivity index (χ0v) is 12.2. The number of para-hydroxylation sites is 1. The Morgan fingerprint density at radius 1 is 1.23 bits per heavy atom. The molecule has 110 valence electrons. The fourth-order valence-corrected chi connectivity index (χ4v) is 2.73. The molecule has 1 aliphatic rings. The van der Waals surface area contributed by atoms with Crippen molar-refractivity contribution in [3.8, 4) is 17.0 Å². The molecular formula is C18H15NO3. The van der Waals surface area contributed by atoms with Crippen molar-refractivity contribution in [2.75, 3.05) is 7.11 Å². The van der Waals surface area contributed by atoms with Gasteiger partial charge in [-0.2, -0.15) is 0 Å². The highest BCUT2D eigenvalue weighted by Gasteiger charge is 2.25. The molecule has 0 radical (unpaired) electrons. The largest absolute Gasteiger partial charge is 0.481 e. The fraction of sp³-hybridized carbons (Fsp3) is 0.222. The second-order valence-electron chi connectivity index (χ2n) is 5.57. The molecule has 1 saturated carbocycles. The van der Waals surface area contributed by atoms with Crippen LogP contribution >= 0.6 is 0 Å². The quantitative estimate of drug-likeness (QED) is 0.738. The van der Waals surface area contributed by atoms with Gasteiger partial charge in [-0.3, -0.25) is 4.79 Å². The molecule has 1 aliphatic carbocycles. The Bertz CT molecular complexity index is 910. The second-order valence-corrected chi connectivity index (χ2v) is 5.57. The Morgan fingerprint density at radius 3 is 2.82 bits per heavy atom. The Kier molecular flexibility index (Phi) is 2.96. The van der Waals surface area contributed by atoms with Crippen LogP contribution in [0.1, 0.15) is 24.3 Å². The van der Waals surface area contributed by atoms with Crippen LogP contribution < -0.4 is 10.2 Å². The first kappa shape index (κ1) is 13.1. The Labute approximate surface area is 127 Å². The van der Waals surface area contributed by atoms with Crippen LogP contribution in [0.5, 0.6) is 5.88 Å². The summed E-state index contributed by atoms with van der Waals surface area (Å²) in [5.74, 6) is 1.01. The molecule has 0 atom stereocenters. The lowest BCUT2D eigenvalue weighted by atomic mass is 10.0. The number of ether oxygens (including phenoxy) is 1. The lowest BCUT2D eigenvalue weighted by Crippen LogP contribution is -2.06. The van der Waals surface area contributed by atoms with Gasteiger partial charge in [-0.05, 0) is 42.5 Å². The minimum absolute atomic E-state index is 0.0603. The van der Waals surface area contributed by atoms with Crippen molar-refractivity contribution in [2.45, 2.75) is 18.8 Å². The van der Waals surface area contributed by atoms with E-state index in [0.29, 0.717) is 33.9 Å². The van der Waals surface area contributed by atoms with Gasteiger partial charge < -0.3 is 9.15 Å². The number of aromatic nitrogens is 1. The van der Waals surface area contributed by atoms with Crippen LogP contribution in [0.3, 0.4) is 0 Å². The summed E-state index contributed by atoms with van der Waals surface area (Å²) in [6, 6.07) is 9.25. The monoisotopic (exact) mass is 293 g/mol. The third kappa shape index (κ3) is 2.08. The maximum atomic E-state index is 12.8. The van der Waals surface area contributed by atoms with Crippen molar-refractivity contribution in [2.24, 2.45) is 0 Å². The van der Waals surface area contributed by atoms with Crippen molar-refractivity contribution in [3.05, 3.63) is 58.6 Å². The zero-order valence-electron chi connectivity index (χ0n) is 12.2. The van der Waals surface area contributed by atoms with Gasteiger partial charge in [0.15, 0.2) is 0 Å². The maximum absolute atomic E-state index is 12.8. The van der Waals surface area contributed by atoms with Gasteiger partial charge in [0.1, 0.15) is 11.8 Å². The molecule has 4 heteroatoms. The van der Waals surface area contributed by atoms with E-state index in [1.165, 1.54) is 19.1 Å². The summed E-state index contributed by atoms with van der Waals surface area (Å²) in [5.41, 5.74) is 2.87. The lowest BCUT2D eigenvalue weighted by molar-refractivity contribution is 0.399. The molecule has 0 unspecified atom stereocenters. The smallest absolute Gasteiger partial charge is 0.221 e. The first-order valence-electron chi connectivity index (χ1n) is 7.33. The minimum atomic E-state index is -0.0603. The highest BCUT2D eigenvalue weighted by Crippen LogP contribution is 2.42. The van der Waals surface area contributed by atoms with E-state index in [9.17, 15) is 4.79 Å².